The maximum Gasteiger partial charge on any atom is 0.319 e. The summed E-state index contributed by atoms with van der Waals surface area (Å²) in [6.07, 6.45) is 1.72. The van der Waals surface area contributed by atoms with Crippen LogP contribution < -0.4 is 10.6 Å². The quantitative estimate of drug-likeness (QED) is 0.733. The summed E-state index contributed by atoms with van der Waals surface area (Å²) in [5.74, 6) is 0. The zero-order valence-electron chi connectivity index (χ0n) is 12.6. The SMILES string of the molecule is O=C(NCCCOCCc1ccccc1)Nc1ccccc1. The molecule has 0 heterocycles. The van der Waals surface area contributed by atoms with Crippen LogP contribution >= 0.6 is 0 Å². The molecule has 22 heavy (non-hydrogen) atoms. The third-order valence-corrected chi connectivity index (χ3v) is 3.16. The van der Waals surface area contributed by atoms with Gasteiger partial charge in [-0.3, -0.25) is 0 Å². The first-order valence-electron chi connectivity index (χ1n) is 7.56. The number of para-hydroxylation sites is 1. The van der Waals surface area contributed by atoms with Crippen molar-refractivity contribution >= 4 is 11.7 Å². The van der Waals surface area contributed by atoms with Gasteiger partial charge in [-0.25, -0.2) is 4.79 Å². The van der Waals surface area contributed by atoms with Crippen molar-refractivity contribution in [2.45, 2.75) is 12.8 Å². The number of carbonyl (C=O) groups is 1. The molecule has 0 aromatic heterocycles. The van der Waals surface area contributed by atoms with Crippen molar-refractivity contribution in [3.63, 3.8) is 0 Å². The van der Waals surface area contributed by atoms with E-state index >= 15 is 0 Å². The first-order chi connectivity index (χ1) is 10.8. The molecule has 0 aliphatic heterocycles. The number of amides is 2. The van der Waals surface area contributed by atoms with Crippen molar-refractivity contribution in [3.05, 3.63) is 66.2 Å². The highest BCUT2D eigenvalue weighted by Crippen LogP contribution is 2.04. The Morgan fingerprint density at radius 3 is 2.32 bits per heavy atom. The molecule has 4 nitrogen and oxygen atoms in total. The summed E-state index contributed by atoms with van der Waals surface area (Å²) in [6, 6.07) is 19.5. The van der Waals surface area contributed by atoms with Crippen LogP contribution in [-0.2, 0) is 11.2 Å². The van der Waals surface area contributed by atoms with E-state index in [-0.39, 0.29) is 6.03 Å². The second kappa shape index (κ2) is 9.58. The van der Waals surface area contributed by atoms with Gasteiger partial charge in [0.05, 0.1) is 6.61 Å². The highest BCUT2D eigenvalue weighted by atomic mass is 16.5. The molecule has 0 aliphatic rings. The average Bonchev–Trinajstić information content (AvgIpc) is 2.56. The van der Waals surface area contributed by atoms with Crippen molar-refractivity contribution in [1.29, 1.82) is 0 Å². The van der Waals surface area contributed by atoms with Gasteiger partial charge in [0, 0.05) is 18.8 Å². The normalized spacial score (nSPS) is 10.2. The average molecular weight is 298 g/mol. The Kier molecular flexibility index (Phi) is 6.99. The smallest absolute Gasteiger partial charge is 0.319 e. The van der Waals surface area contributed by atoms with E-state index in [1.807, 2.05) is 48.5 Å². The van der Waals surface area contributed by atoms with Crippen LogP contribution in [0.25, 0.3) is 0 Å². The highest BCUT2D eigenvalue weighted by Gasteiger charge is 1.99. The molecule has 0 saturated heterocycles. The molecular formula is C18H22N2O2. The summed E-state index contributed by atoms with van der Waals surface area (Å²) in [5.41, 5.74) is 2.07. The fourth-order valence-corrected chi connectivity index (χ4v) is 2.01. The second-order valence-corrected chi connectivity index (χ2v) is 4.95. The topological polar surface area (TPSA) is 50.4 Å². The van der Waals surface area contributed by atoms with Crippen LogP contribution in [0.3, 0.4) is 0 Å². The van der Waals surface area contributed by atoms with Crippen LogP contribution in [0.5, 0.6) is 0 Å². The number of hydrogen-bond acceptors (Lipinski definition) is 2. The Bertz CT molecular complexity index is 544. The molecule has 0 bridgehead atoms. The summed E-state index contributed by atoms with van der Waals surface area (Å²) >= 11 is 0. The second-order valence-electron chi connectivity index (χ2n) is 4.95. The zero-order chi connectivity index (χ0) is 15.5. The number of anilines is 1. The molecule has 0 saturated carbocycles. The lowest BCUT2D eigenvalue weighted by atomic mass is 10.2. The van der Waals surface area contributed by atoms with Crippen LogP contribution in [0.15, 0.2) is 60.7 Å². The van der Waals surface area contributed by atoms with Gasteiger partial charge in [-0.05, 0) is 30.5 Å². The molecule has 2 N–H and O–H groups in total. The molecule has 2 amide bonds. The van der Waals surface area contributed by atoms with Crippen molar-refractivity contribution < 1.29 is 9.53 Å². The molecule has 2 aromatic carbocycles. The van der Waals surface area contributed by atoms with E-state index in [0.29, 0.717) is 19.8 Å². The number of hydrogen-bond donors (Lipinski definition) is 2. The Labute approximate surface area is 131 Å². The minimum absolute atomic E-state index is 0.185. The highest BCUT2D eigenvalue weighted by molar-refractivity contribution is 5.89. The lowest BCUT2D eigenvalue weighted by Gasteiger charge is -2.08. The summed E-state index contributed by atoms with van der Waals surface area (Å²) in [4.78, 5) is 11.6. The summed E-state index contributed by atoms with van der Waals surface area (Å²) in [6.45, 7) is 1.96. The lowest BCUT2D eigenvalue weighted by molar-refractivity contribution is 0.135. The molecule has 0 radical (unpaired) electrons. The van der Waals surface area contributed by atoms with E-state index in [2.05, 4.69) is 22.8 Å². The van der Waals surface area contributed by atoms with Gasteiger partial charge >= 0.3 is 6.03 Å². The standard InChI is InChI=1S/C18H22N2O2/c21-18(20-17-10-5-2-6-11-17)19-13-7-14-22-15-12-16-8-3-1-4-9-16/h1-6,8-11H,7,12-15H2,(H2,19,20,21). The summed E-state index contributed by atoms with van der Waals surface area (Å²) in [5, 5.41) is 5.58. The number of benzene rings is 2. The van der Waals surface area contributed by atoms with E-state index in [4.69, 9.17) is 4.74 Å². The number of carbonyl (C=O) groups excluding carboxylic acids is 1. The molecule has 2 aromatic rings. The van der Waals surface area contributed by atoms with Gasteiger partial charge in [0.15, 0.2) is 0 Å². The monoisotopic (exact) mass is 298 g/mol. The van der Waals surface area contributed by atoms with Gasteiger partial charge in [0.25, 0.3) is 0 Å². The first kappa shape index (κ1) is 16.0. The molecule has 116 valence electrons. The van der Waals surface area contributed by atoms with Gasteiger partial charge in [0.2, 0.25) is 0 Å². The molecule has 0 atom stereocenters. The molecule has 0 unspecified atom stereocenters. The van der Waals surface area contributed by atoms with E-state index in [1.54, 1.807) is 0 Å². The number of nitrogens with one attached hydrogen (secondary N) is 2. The zero-order valence-corrected chi connectivity index (χ0v) is 12.6. The van der Waals surface area contributed by atoms with E-state index in [9.17, 15) is 4.79 Å². The lowest BCUT2D eigenvalue weighted by Crippen LogP contribution is -2.30. The van der Waals surface area contributed by atoms with Crippen LogP contribution in [0, 0.1) is 0 Å². The minimum Gasteiger partial charge on any atom is -0.381 e. The summed E-state index contributed by atoms with van der Waals surface area (Å²) < 4.78 is 5.57. The molecule has 0 fully saturated rings. The van der Waals surface area contributed by atoms with E-state index in [1.165, 1.54) is 5.56 Å². The van der Waals surface area contributed by atoms with Gasteiger partial charge in [-0.1, -0.05) is 48.5 Å². The third-order valence-electron chi connectivity index (χ3n) is 3.16. The predicted molar refractivity (Wildman–Crippen MR) is 89.0 cm³/mol. The van der Waals surface area contributed by atoms with Crippen LogP contribution in [-0.4, -0.2) is 25.8 Å². The van der Waals surface area contributed by atoms with Crippen LogP contribution in [0.4, 0.5) is 10.5 Å². The van der Waals surface area contributed by atoms with Crippen molar-refractivity contribution in [1.82, 2.24) is 5.32 Å². The van der Waals surface area contributed by atoms with E-state index < -0.39 is 0 Å². The molecule has 0 spiro atoms. The van der Waals surface area contributed by atoms with Crippen molar-refractivity contribution in [2.75, 3.05) is 25.1 Å². The van der Waals surface area contributed by atoms with Gasteiger partial charge < -0.3 is 15.4 Å². The molecule has 2 rings (SSSR count). The minimum atomic E-state index is -0.185. The van der Waals surface area contributed by atoms with Crippen molar-refractivity contribution in [3.8, 4) is 0 Å². The third kappa shape index (κ3) is 6.41. The number of urea groups is 1. The van der Waals surface area contributed by atoms with Gasteiger partial charge in [-0.2, -0.15) is 0 Å². The largest absolute Gasteiger partial charge is 0.381 e. The Morgan fingerprint density at radius 1 is 0.909 bits per heavy atom. The maximum absolute atomic E-state index is 11.6. The Hall–Kier alpha value is -2.33. The van der Waals surface area contributed by atoms with Gasteiger partial charge in [0.1, 0.15) is 0 Å². The Balaban J connectivity index is 1.48. The first-order valence-corrected chi connectivity index (χ1v) is 7.56. The maximum atomic E-state index is 11.6. The summed E-state index contributed by atoms with van der Waals surface area (Å²) in [7, 11) is 0. The Morgan fingerprint density at radius 2 is 1.59 bits per heavy atom. The fraction of sp³-hybridized carbons (Fsp3) is 0.278. The fourth-order valence-electron chi connectivity index (χ4n) is 2.01. The van der Waals surface area contributed by atoms with Crippen molar-refractivity contribution in [2.24, 2.45) is 0 Å². The van der Waals surface area contributed by atoms with Gasteiger partial charge in [-0.15, -0.1) is 0 Å². The van der Waals surface area contributed by atoms with E-state index in [0.717, 1.165) is 18.5 Å². The molecule has 0 aliphatic carbocycles. The molecule has 4 heteroatoms. The predicted octanol–water partition coefficient (Wildman–Crippen LogP) is 3.46. The van der Waals surface area contributed by atoms with Crippen LogP contribution in [0.1, 0.15) is 12.0 Å². The number of ether oxygens (including phenoxy) is 1. The number of rotatable bonds is 8. The van der Waals surface area contributed by atoms with Crippen LogP contribution in [0.2, 0.25) is 0 Å². The molecular weight excluding hydrogens is 276 g/mol.